The van der Waals surface area contributed by atoms with Crippen LogP contribution in [0.15, 0.2) is 16.5 Å². The van der Waals surface area contributed by atoms with E-state index in [1.165, 1.54) is 0 Å². The number of aryl methyl sites for hydroxylation is 1. The summed E-state index contributed by atoms with van der Waals surface area (Å²) in [5.74, 6) is 2.04. The average molecular weight is 181 g/mol. The van der Waals surface area contributed by atoms with Gasteiger partial charge in [-0.05, 0) is 12.1 Å². The van der Waals surface area contributed by atoms with Gasteiger partial charge < -0.3 is 14.5 Å². The molecule has 1 aliphatic heterocycles. The first kappa shape index (κ1) is 8.78. The summed E-state index contributed by atoms with van der Waals surface area (Å²) >= 11 is 0. The number of morpholine rings is 1. The molecule has 2 rings (SSSR count). The maximum Gasteiger partial charge on any atom is 0.123 e. The SMILES string of the molecule is CCc1ccc([C@H]2COCCN2)o1. The highest BCUT2D eigenvalue weighted by Crippen LogP contribution is 2.18. The van der Waals surface area contributed by atoms with Gasteiger partial charge >= 0.3 is 0 Å². The van der Waals surface area contributed by atoms with Crippen LogP contribution in [0.25, 0.3) is 0 Å². The molecule has 1 aromatic heterocycles. The topological polar surface area (TPSA) is 34.4 Å². The van der Waals surface area contributed by atoms with E-state index in [9.17, 15) is 0 Å². The van der Waals surface area contributed by atoms with E-state index in [0.29, 0.717) is 0 Å². The highest BCUT2D eigenvalue weighted by atomic mass is 16.5. The largest absolute Gasteiger partial charge is 0.464 e. The van der Waals surface area contributed by atoms with E-state index < -0.39 is 0 Å². The lowest BCUT2D eigenvalue weighted by atomic mass is 10.2. The summed E-state index contributed by atoms with van der Waals surface area (Å²) in [6.45, 7) is 4.52. The van der Waals surface area contributed by atoms with Crippen LogP contribution in [0.5, 0.6) is 0 Å². The van der Waals surface area contributed by atoms with Crippen molar-refractivity contribution in [2.75, 3.05) is 19.8 Å². The minimum atomic E-state index is 0.244. The van der Waals surface area contributed by atoms with Crippen molar-refractivity contribution in [3.8, 4) is 0 Å². The predicted octanol–water partition coefficient (Wildman–Crippen LogP) is 1.50. The fourth-order valence-electron chi connectivity index (χ4n) is 1.52. The predicted molar refractivity (Wildman–Crippen MR) is 49.6 cm³/mol. The van der Waals surface area contributed by atoms with Gasteiger partial charge in [0.15, 0.2) is 0 Å². The summed E-state index contributed by atoms with van der Waals surface area (Å²) < 4.78 is 11.0. The highest BCUT2D eigenvalue weighted by molar-refractivity contribution is 5.11. The van der Waals surface area contributed by atoms with E-state index in [1.54, 1.807) is 0 Å². The van der Waals surface area contributed by atoms with Crippen LogP contribution >= 0.6 is 0 Å². The van der Waals surface area contributed by atoms with E-state index in [0.717, 1.165) is 37.7 Å². The van der Waals surface area contributed by atoms with Gasteiger partial charge in [-0.1, -0.05) is 6.92 Å². The first-order valence-electron chi connectivity index (χ1n) is 4.80. The molecule has 1 saturated heterocycles. The zero-order chi connectivity index (χ0) is 9.10. The van der Waals surface area contributed by atoms with E-state index in [4.69, 9.17) is 9.15 Å². The van der Waals surface area contributed by atoms with E-state index in [-0.39, 0.29) is 6.04 Å². The van der Waals surface area contributed by atoms with Crippen molar-refractivity contribution < 1.29 is 9.15 Å². The van der Waals surface area contributed by atoms with Crippen LogP contribution < -0.4 is 5.32 Å². The fourth-order valence-corrected chi connectivity index (χ4v) is 1.52. The molecule has 1 atom stereocenters. The van der Waals surface area contributed by atoms with Gasteiger partial charge in [-0.15, -0.1) is 0 Å². The van der Waals surface area contributed by atoms with Crippen molar-refractivity contribution in [3.63, 3.8) is 0 Å². The van der Waals surface area contributed by atoms with Crippen molar-refractivity contribution in [1.29, 1.82) is 0 Å². The van der Waals surface area contributed by atoms with Crippen LogP contribution in [0.2, 0.25) is 0 Å². The molecule has 3 nitrogen and oxygen atoms in total. The zero-order valence-corrected chi connectivity index (χ0v) is 7.88. The first-order chi connectivity index (χ1) is 6.40. The molecule has 1 fully saturated rings. The Morgan fingerprint density at radius 1 is 1.54 bits per heavy atom. The lowest BCUT2D eigenvalue weighted by Gasteiger charge is -2.21. The Hall–Kier alpha value is -0.800. The number of rotatable bonds is 2. The third-order valence-electron chi connectivity index (χ3n) is 2.30. The fraction of sp³-hybridized carbons (Fsp3) is 0.600. The molecule has 0 aromatic carbocycles. The smallest absolute Gasteiger partial charge is 0.123 e. The molecule has 2 heterocycles. The van der Waals surface area contributed by atoms with Gasteiger partial charge in [0.1, 0.15) is 11.5 Å². The van der Waals surface area contributed by atoms with E-state index in [2.05, 4.69) is 12.2 Å². The lowest BCUT2D eigenvalue weighted by Crippen LogP contribution is -2.34. The second-order valence-electron chi connectivity index (χ2n) is 3.24. The Balaban J connectivity index is 2.05. The summed E-state index contributed by atoms with van der Waals surface area (Å²) in [6.07, 6.45) is 0.952. The van der Waals surface area contributed by atoms with Gasteiger partial charge in [0, 0.05) is 13.0 Å². The van der Waals surface area contributed by atoms with E-state index >= 15 is 0 Å². The maximum atomic E-state index is 5.63. The Morgan fingerprint density at radius 2 is 2.46 bits per heavy atom. The molecule has 1 aromatic rings. The Kier molecular flexibility index (Phi) is 2.66. The molecule has 1 N–H and O–H groups in total. The molecule has 13 heavy (non-hydrogen) atoms. The van der Waals surface area contributed by atoms with Crippen LogP contribution in [-0.4, -0.2) is 19.8 Å². The average Bonchev–Trinajstić information content (AvgIpc) is 2.67. The standard InChI is InChI=1S/C10H15NO2/c1-2-8-3-4-10(13-8)9-7-12-6-5-11-9/h3-4,9,11H,2,5-7H2,1H3/t9-/m1/s1. The third-order valence-corrected chi connectivity index (χ3v) is 2.30. The Morgan fingerprint density at radius 3 is 3.08 bits per heavy atom. The van der Waals surface area contributed by atoms with Crippen molar-refractivity contribution >= 4 is 0 Å². The van der Waals surface area contributed by atoms with Crippen LogP contribution in [0, 0.1) is 0 Å². The van der Waals surface area contributed by atoms with Crippen molar-refractivity contribution in [2.45, 2.75) is 19.4 Å². The summed E-state index contributed by atoms with van der Waals surface area (Å²) in [4.78, 5) is 0. The lowest BCUT2D eigenvalue weighted by molar-refractivity contribution is 0.0695. The molecular weight excluding hydrogens is 166 g/mol. The summed E-state index contributed by atoms with van der Waals surface area (Å²) in [5.41, 5.74) is 0. The number of ether oxygens (including phenoxy) is 1. The number of hydrogen-bond donors (Lipinski definition) is 1. The van der Waals surface area contributed by atoms with Crippen molar-refractivity contribution in [1.82, 2.24) is 5.32 Å². The molecule has 0 spiro atoms. The van der Waals surface area contributed by atoms with Gasteiger partial charge in [-0.25, -0.2) is 0 Å². The monoisotopic (exact) mass is 181 g/mol. The quantitative estimate of drug-likeness (QED) is 0.750. The molecule has 0 amide bonds. The van der Waals surface area contributed by atoms with Crippen LogP contribution in [-0.2, 0) is 11.2 Å². The molecule has 0 aliphatic carbocycles. The molecule has 72 valence electrons. The molecular formula is C10H15NO2. The second-order valence-corrected chi connectivity index (χ2v) is 3.24. The van der Waals surface area contributed by atoms with Gasteiger partial charge in [0.25, 0.3) is 0 Å². The normalized spacial score (nSPS) is 23.3. The molecule has 0 bridgehead atoms. The molecule has 1 aliphatic rings. The summed E-state index contributed by atoms with van der Waals surface area (Å²) in [6, 6.07) is 4.31. The maximum absolute atomic E-state index is 5.63. The highest BCUT2D eigenvalue weighted by Gasteiger charge is 2.17. The summed E-state index contributed by atoms with van der Waals surface area (Å²) in [7, 11) is 0. The van der Waals surface area contributed by atoms with Gasteiger partial charge in [0.05, 0.1) is 19.3 Å². The second kappa shape index (κ2) is 3.94. The number of furan rings is 1. The third kappa shape index (κ3) is 1.92. The summed E-state index contributed by atoms with van der Waals surface area (Å²) in [5, 5.41) is 3.35. The van der Waals surface area contributed by atoms with Gasteiger partial charge in [0.2, 0.25) is 0 Å². The van der Waals surface area contributed by atoms with Gasteiger partial charge in [-0.3, -0.25) is 0 Å². The molecule has 0 saturated carbocycles. The van der Waals surface area contributed by atoms with E-state index in [1.807, 2.05) is 12.1 Å². The van der Waals surface area contributed by atoms with Gasteiger partial charge in [-0.2, -0.15) is 0 Å². The van der Waals surface area contributed by atoms with Crippen LogP contribution in [0.1, 0.15) is 24.5 Å². The van der Waals surface area contributed by atoms with Crippen molar-refractivity contribution in [3.05, 3.63) is 23.7 Å². The van der Waals surface area contributed by atoms with Crippen LogP contribution in [0.4, 0.5) is 0 Å². The molecule has 0 unspecified atom stereocenters. The Bertz CT molecular complexity index is 264. The van der Waals surface area contributed by atoms with Crippen molar-refractivity contribution in [2.24, 2.45) is 0 Å². The first-order valence-corrected chi connectivity index (χ1v) is 4.80. The number of hydrogen-bond acceptors (Lipinski definition) is 3. The molecule has 3 heteroatoms. The Labute approximate surface area is 78.1 Å². The number of nitrogens with one attached hydrogen (secondary N) is 1. The molecule has 0 radical (unpaired) electrons. The van der Waals surface area contributed by atoms with Crippen LogP contribution in [0.3, 0.4) is 0 Å². The zero-order valence-electron chi connectivity index (χ0n) is 7.88. The minimum absolute atomic E-state index is 0.244. The minimum Gasteiger partial charge on any atom is -0.464 e.